The topological polar surface area (TPSA) is 92.3 Å². The van der Waals surface area contributed by atoms with Gasteiger partial charge in [0.15, 0.2) is 9.84 Å². The van der Waals surface area contributed by atoms with E-state index in [-0.39, 0.29) is 23.2 Å². The van der Waals surface area contributed by atoms with E-state index in [1.54, 1.807) is 0 Å². The van der Waals surface area contributed by atoms with Crippen molar-refractivity contribution < 1.29 is 16.8 Å². The van der Waals surface area contributed by atoms with Crippen LogP contribution in [0.4, 0.5) is 0 Å². The van der Waals surface area contributed by atoms with Crippen LogP contribution >= 0.6 is 0 Å². The van der Waals surface area contributed by atoms with Gasteiger partial charge >= 0.3 is 0 Å². The number of nitrogens with one attached hydrogen (secondary N) is 2. The molecule has 0 aliphatic carbocycles. The van der Waals surface area contributed by atoms with Gasteiger partial charge in [0.1, 0.15) is 0 Å². The zero-order valence-corrected chi connectivity index (χ0v) is 12.6. The van der Waals surface area contributed by atoms with E-state index in [2.05, 4.69) is 10.0 Å². The Balaban J connectivity index is 1.89. The molecule has 0 bridgehead atoms. The number of hydrogen-bond donors (Lipinski definition) is 2. The summed E-state index contributed by atoms with van der Waals surface area (Å²) >= 11 is 0. The minimum absolute atomic E-state index is 0.0571. The first-order valence-corrected chi connectivity index (χ1v) is 10.2. The number of sulfonamides is 1. The van der Waals surface area contributed by atoms with Gasteiger partial charge in [0.25, 0.3) is 0 Å². The van der Waals surface area contributed by atoms with Gasteiger partial charge in [0.2, 0.25) is 10.0 Å². The normalized spacial score (nSPS) is 29.2. The minimum Gasteiger partial charge on any atom is -0.317 e. The third-order valence-corrected chi connectivity index (χ3v) is 7.15. The Bertz CT molecular complexity index is 495. The molecule has 112 valence electrons. The molecule has 0 aromatic rings. The predicted molar refractivity (Wildman–Crippen MR) is 74.2 cm³/mol. The van der Waals surface area contributed by atoms with Crippen LogP contribution in [0.5, 0.6) is 0 Å². The molecule has 1 unspecified atom stereocenters. The van der Waals surface area contributed by atoms with E-state index in [0.717, 1.165) is 25.9 Å². The third kappa shape index (κ3) is 5.02. The van der Waals surface area contributed by atoms with Crippen molar-refractivity contribution in [2.24, 2.45) is 5.92 Å². The molecule has 2 saturated heterocycles. The summed E-state index contributed by atoms with van der Waals surface area (Å²) in [7, 11) is -6.45. The lowest BCUT2D eigenvalue weighted by Gasteiger charge is -2.26. The molecule has 19 heavy (non-hydrogen) atoms. The number of rotatable bonds is 4. The Labute approximate surface area is 115 Å². The maximum Gasteiger partial charge on any atom is 0.212 e. The number of piperidine rings is 1. The van der Waals surface area contributed by atoms with Gasteiger partial charge in [-0.25, -0.2) is 21.6 Å². The highest BCUT2D eigenvalue weighted by Crippen LogP contribution is 2.16. The fourth-order valence-electron chi connectivity index (χ4n) is 2.78. The second-order valence-corrected chi connectivity index (χ2v) is 9.57. The molecule has 6 nitrogen and oxygen atoms in total. The fourth-order valence-corrected chi connectivity index (χ4v) is 6.28. The second kappa shape index (κ2) is 6.07. The van der Waals surface area contributed by atoms with E-state index >= 15 is 0 Å². The summed E-state index contributed by atoms with van der Waals surface area (Å²) in [6.07, 6.45) is 2.89. The minimum atomic E-state index is -3.37. The lowest BCUT2D eigenvalue weighted by molar-refractivity contribution is 0.399. The molecule has 2 N–H and O–H groups in total. The van der Waals surface area contributed by atoms with Gasteiger partial charge in [-0.05, 0) is 44.7 Å². The predicted octanol–water partition coefficient (Wildman–Crippen LogP) is -0.517. The van der Waals surface area contributed by atoms with Gasteiger partial charge in [-0.1, -0.05) is 0 Å². The first-order chi connectivity index (χ1) is 8.86. The first kappa shape index (κ1) is 15.2. The summed E-state index contributed by atoms with van der Waals surface area (Å²) in [5, 5.41) is 3.20. The Morgan fingerprint density at radius 3 is 2.47 bits per heavy atom. The average molecular weight is 310 g/mol. The highest BCUT2D eigenvalue weighted by atomic mass is 32.2. The highest BCUT2D eigenvalue weighted by molar-refractivity contribution is 7.91. The van der Waals surface area contributed by atoms with Crippen LogP contribution in [-0.4, -0.2) is 53.2 Å². The Morgan fingerprint density at radius 2 is 1.84 bits per heavy atom. The standard InChI is InChI=1S/C11H22N2O4S2/c14-18(15)7-1-2-11(9-18)13-19(16,17)8-10-3-5-12-6-4-10/h10-13H,1-9H2. The van der Waals surface area contributed by atoms with Crippen molar-refractivity contribution in [3.05, 3.63) is 0 Å². The molecule has 0 saturated carbocycles. The lowest BCUT2D eigenvalue weighted by Crippen LogP contribution is -2.45. The summed E-state index contributed by atoms with van der Waals surface area (Å²) < 4.78 is 49.7. The number of hydrogen-bond acceptors (Lipinski definition) is 5. The van der Waals surface area contributed by atoms with Crippen LogP contribution in [-0.2, 0) is 19.9 Å². The summed E-state index contributed by atoms with van der Waals surface area (Å²) in [4.78, 5) is 0. The van der Waals surface area contributed by atoms with Crippen LogP contribution in [0, 0.1) is 5.92 Å². The highest BCUT2D eigenvalue weighted by Gasteiger charge is 2.29. The van der Waals surface area contributed by atoms with Crippen LogP contribution in [0.15, 0.2) is 0 Å². The van der Waals surface area contributed by atoms with Crippen molar-refractivity contribution in [2.45, 2.75) is 31.7 Å². The van der Waals surface area contributed by atoms with E-state index in [1.807, 2.05) is 0 Å². The average Bonchev–Trinajstić information content (AvgIpc) is 2.27. The summed E-state index contributed by atoms with van der Waals surface area (Å²) in [6.45, 7) is 1.72. The third-order valence-electron chi connectivity index (χ3n) is 3.72. The van der Waals surface area contributed by atoms with Crippen molar-refractivity contribution in [3.63, 3.8) is 0 Å². The zero-order valence-electron chi connectivity index (χ0n) is 11.0. The van der Waals surface area contributed by atoms with Crippen molar-refractivity contribution in [2.75, 3.05) is 30.3 Å². The summed E-state index contributed by atoms with van der Waals surface area (Å²) in [5.74, 6) is 0.419. The van der Waals surface area contributed by atoms with Gasteiger partial charge in [0, 0.05) is 6.04 Å². The fraction of sp³-hybridized carbons (Fsp3) is 1.00. The van der Waals surface area contributed by atoms with E-state index in [4.69, 9.17) is 0 Å². The van der Waals surface area contributed by atoms with Crippen molar-refractivity contribution in [1.29, 1.82) is 0 Å². The molecule has 2 heterocycles. The molecule has 0 amide bonds. The lowest BCUT2D eigenvalue weighted by atomic mass is 10.0. The molecule has 2 aliphatic heterocycles. The molecule has 0 radical (unpaired) electrons. The van der Waals surface area contributed by atoms with Gasteiger partial charge in [-0.15, -0.1) is 0 Å². The second-order valence-electron chi connectivity index (χ2n) is 5.55. The van der Waals surface area contributed by atoms with Gasteiger partial charge in [-0.2, -0.15) is 0 Å². The molecular weight excluding hydrogens is 288 g/mol. The van der Waals surface area contributed by atoms with E-state index < -0.39 is 25.9 Å². The summed E-state index contributed by atoms with van der Waals surface area (Å²) in [5.41, 5.74) is 0. The molecule has 1 atom stereocenters. The molecule has 0 aromatic carbocycles. The smallest absolute Gasteiger partial charge is 0.212 e. The van der Waals surface area contributed by atoms with Crippen LogP contribution in [0.2, 0.25) is 0 Å². The van der Waals surface area contributed by atoms with E-state index in [1.165, 1.54) is 0 Å². The zero-order chi connectivity index (χ0) is 13.9. The van der Waals surface area contributed by atoms with Crippen LogP contribution in [0.3, 0.4) is 0 Å². The van der Waals surface area contributed by atoms with Crippen LogP contribution in [0.25, 0.3) is 0 Å². The molecule has 2 fully saturated rings. The van der Waals surface area contributed by atoms with E-state index in [0.29, 0.717) is 12.8 Å². The molecule has 2 aliphatic rings. The Kier molecular flexibility index (Phi) is 4.86. The SMILES string of the molecule is O=S1(=O)CCCC(NS(=O)(=O)CC2CCNCC2)C1. The Hall–Kier alpha value is -0.180. The van der Waals surface area contributed by atoms with Crippen LogP contribution < -0.4 is 10.0 Å². The molecular formula is C11H22N2O4S2. The van der Waals surface area contributed by atoms with E-state index in [9.17, 15) is 16.8 Å². The largest absolute Gasteiger partial charge is 0.317 e. The monoisotopic (exact) mass is 310 g/mol. The molecule has 2 rings (SSSR count). The number of sulfone groups is 1. The van der Waals surface area contributed by atoms with Crippen molar-refractivity contribution >= 4 is 19.9 Å². The quantitative estimate of drug-likeness (QED) is 0.729. The van der Waals surface area contributed by atoms with Crippen LogP contribution in [0.1, 0.15) is 25.7 Å². The maximum absolute atomic E-state index is 12.1. The summed E-state index contributed by atoms with van der Waals surface area (Å²) in [6, 6.07) is -0.439. The maximum atomic E-state index is 12.1. The molecule has 0 spiro atoms. The Morgan fingerprint density at radius 1 is 1.16 bits per heavy atom. The first-order valence-electron chi connectivity index (χ1n) is 6.77. The van der Waals surface area contributed by atoms with Gasteiger partial charge in [-0.3, -0.25) is 0 Å². The van der Waals surface area contributed by atoms with Crippen molar-refractivity contribution in [1.82, 2.24) is 10.0 Å². The molecule has 8 heteroatoms. The van der Waals surface area contributed by atoms with Gasteiger partial charge < -0.3 is 5.32 Å². The van der Waals surface area contributed by atoms with Crippen molar-refractivity contribution in [3.8, 4) is 0 Å². The molecule has 0 aromatic heterocycles. The van der Waals surface area contributed by atoms with Gasteiger partial charge in [0.05, 0.1) is 17.3 Å².